The van der Waals surface area contributed by atoms with Crippen molar-refractivity contribution in [2.24, 2.45) is 0 Å². The maximum Gasteiger partial charge on any atom is 1.00 e. The molecule has 0 atom stereocenters. The van der Waals surface area contributed by atoms with Crippen LogP contribution in [0.5, 0.6) is 0 Å². The first-order valence-corrected chi connectivity index (χ1v) is 2.98. The first-order chi connectivity index (χ1) is 3.18. The first kappa shape index (κ1) is 12.0. The molecule has 0 unspecified atom stereocenters. The summed E-state index contributed by atoms with van der Waals surface area (Å²) in [4.78, 5) is 1.89. The topological polar surface area (TPSA) is 3.24 Å². The third kappa shape index (κ3) is 5.38. The Balaban J connectivity index is -0.000000180. The van der Waals surface area contributed by atoms with Gasteiger partial charge in [0.25, 0.3) is 0 Å². The molecule has 44 valence electrons. The van der Waals surface area contributed by atoms with E-state index in [0.29, 0.717) is 4.32 Å². The van der Waals surface area contributed by atoms with Gasteiger partial charge in [0.1, 0.15) is 4.32 Å². The number of nitrogens with zero attached hydrogens (tertiary/aromatic N) is 1. The number of rotatable bonds is 1. The van der Waals surface area contributed by atoms with E-state index in [9.17, 15) is 0 Å². The Morgan fingerprint density at radius 2 is 2.25 bits per heavy atom. The smallest absolute Gasteiger partial charge is 1.00 e. The standard InChI is InChI=1S/C4H9NS2.Na.H/c1-3-5(2)4(6)7;;/h3H2,1-2H3,(H,6,7);;/q;+1;-1. The predicted molar refractivity (Wildman–Crippen MR) is 41.0 cm³/mol. The van der Waals surface area contributed by atoms with Crippen LogP contribution in [0.25, 0.3) is 0 Å². The van der Waals surface area contributed by atoms with Gasteiger partial charge in [0.15, 0.2) is 0 Å². The van der Waals surface area contributed by atoms with Crippen LogP contribution in [-0.2, 0) is 0 Å². The largest absolute Gasteiger partial charge is 1.00 e. The van der Waals surface area contributed by atoms with Crippen LogP contribution in [0.3, 0.4) is 0 Å². The zero-order valence-electron chi connectivity index (χ0n) is 6.51. The van der Waals surface area contributed by atoms with E-state index in [0.717, 1.165) is 6.54 Å². The summed E-state index contributed by atoms with van der Waals surface area (Å²) in [7, 11) is 1.91. The SMILES string of the molecule is CCN(C)C(=S)S.[H-].[Na+]. The minimum absolute atomic E-state index is 0. The normalized spacial score (nSPS) is 7.38. The third-order valence-corrected chi connectivity index (χ3v) is 1.45. The fraction of sp³-hybridized carbons (Fsp3) is 0.750. The maximum absolute atomic E-state index is 4.71. The number of hydrogen-bond donors (Lipinski definition) is 1. The summed E-state index contributed by atoms with van der Waals surface area (Å²) < 4.78 is 0.655. The maximum atomic E-state index is 4.71. The van der Waals surface area contributed by atoms with E-state index in [-0.39, 0.29) is 31.0 Å². The molecular weight excluding hydrogens is 149 g/mol. The van der Waals surface area contributed by atoms with Crippen molar-refractivity contribution < 1.29 is 31.0 Å². The molecule has 0 aromatic rings. The van der Waals surface area contributed by atoms with Gasteiger partial charge in [-0.2, -0.15) is 0 Å². The van der Waals surface area contributed by atoms with Crippen molar-refractivity contribution in [3.05, 3.63) is 0 Å². The van der Waals surface area contributed by atoms with Crippen molar-refractivity contribution in [1.82, 2.24) is 4.90 Å². The van der Waals surface area contributed by atoms with Gasteiger partial charge in [0, 0.05) is 13.6 Å². The molecule has 8 heavy (non-hydrogen) atoms. The zero-order valence-corrected chi connectivity index (χ0v) is 9.22. The third-order valence-electron chi connectivity index (χ3n) is 0.801. The predicted octanol–water partition coefficient (Wildman–Crippen LogP) is -1.73. The molecule has 0 rings (SSSR count). The molecule has 0 saturated carbocycles. The monoisotopic (exact) mass is 159 g/mol. The fourth-order valence-corrected chi connectivity index (χ4v) is 0.406. The number of thiol groups is 1. The van der Waals surface area contributed by atoms with E-state index >= 15 is 0 Å². The Kier molecular flexibility index (Phi) is 9.52. The molecule has 1 nitrogen and oxygen atoms in total. The van der Waals surface area contributed by atoms with Crippen LogP contribution in [0, 0.1) is 0 Å². The molecular formula is C4H10NNaS2. The molecule has 0 N–H and O–H groups in total. The zero-order chi connectivity index (χ0) is 5.86. The summed E-state index contributed by atoms with van der Waals surface area (Å²) in [5.41, 5.74) is 0. The van der Waals surface area contributed by atoms with Crippen molar-refractivity contribution in [2.75, 3.05) is 13.6 Å². The number of hydrogen-bond acceptors (Lipinski definition) is 1. The second kappa shape index (κ2) is 6.36. The molecule has 0 radical (unpaired) electrons. The minimum atomic E-state index is 0. The molecule has 0 aliphatic heterocycles. The van der Waals surface area contributed by atoms with Crippen molar-refractivity contribution in [2.45, 2.75) is 6.92 Å². The van der Waals surface area contributed by atoms with Crippen LogP contribution in [0.2, 0.25) is 0 Å². The van der Waals surface area contributed by atoms with Crippen molar-refractivity contribution in [1.29, 1.82) is 0 Å². The summed E-state index contributed by atoms with van der Waals surface area (Å²) in [5, 5.41) is 0. The van der Waals surface area contributed by atoms with Crippen molar-refractivity contribution >= 4 is 29.2 Å². The summed E-state index contributed by atoms with van der Waals surface area (Å²) >= 11 is 8.64. The van der Waals surface area contributed by atoms with E-state index in [1.54, 1.807) is 0 Å². The Labute approximate surface area is 85.0 Å². The molecule has 0 amide bonds. The van der Waals surface area contributed by atoms with E-state index in [1.165, 1.54) is 0 Å². The molecule has 0 spiro atoms. The quantitative estimate of drug-likeness (QED) is 0.275. The molecule has 0 aliphatic rings. The van der Waals surface area contributed by atoms with E-state index in [4.69, 9.17) is 12.2 Å². The first-order valence-electron chi connectivity index (χ1n) is 2.12. The Morgan fingerprint density at radius 1 is 1.88 bits per heavy atom. The van der Waals surface area contributed by atoms with Crippen LogP contribution >= 0.6 is 24.8 Å². The molecule has 0 aliphatic carbocycles. The second-order valence-electron chi connectivity index (χ2n) is 1.30. The van der Waals surface area contributed by atoms with Crippen LogP contribution in [-0.4, -0.2) is 22.8 Å². The van der Waals surface area contributed by atoms with Crippen molar-refractivity contribution in [3.63, 3.8) is 0 Å². The van der Waals surface area contributed by atoms with Crippen LogP contribution in [0.4, 0.5) is 0 Å². The van der Waals surface area contributed by atoms with Gasteiger partial charge < -0.3 is 6.33 Å². The van der Waals surface area contributed by atoms with E-state index in [1.807, 2.05) is 18.9 Å². The second-order valence-corrected chi connectivity index (χ2v) is 2.41. The average Bonchev–Trinajstić information content (AvgIpc) is 1.65. The summed E-state index contributed by atoms with van der Waals surface area (Å²) in [6.45, 7) is 2.96. The fourth-order valence-electron chi connectivity index (χ4n) is 0.135. The molecule has 0 aromatic carbocycles. The molecule has 0 saturated heterocycles. The van der Waals surface area contributed by atoms with Crippen LogP contribution in [0.1, 0.15) is 8.35 Å². The van der Waals surface area contributed by atoms with Gasteiger partial charge in [0.05, 0.1) is 0 Å². The van der Waals surface area contributed by atoms with E-state index in [2.05, 4.69) is 12.6 Å². The summed E-state index contributed by atoms with van der Waals surface area (Å²) in [6.07, 6.45) is 0. The molecule has 0 bridgehead atoms. The molecule has 0 heterocycles. The summed E-state index contributed by atoms with van der Waals surface area (Å²) in [5.74, 6) is 0. The Hall–Kier alpha value is 1.24. The molecule has 4 heteroatoms. The van der Waals surface area contributed by atoms with Gasteiger partial charge in [-0.25, -0.2) is 0 Å². The van der Waals surface area contributed by atoms with Gasteiger partial charge in [-0.3, -0.25) is 0 Å². The van der Waals surface area contributed by atoms with Crippen LogP contribution in [0.15, 0.2) is 0 Å². The van der Waals surface area contributed by atoms with Gasteiger partial charge in [0.2, 0.25) is 0 Å². The van der Waals surface area contributed by atoms with E-state index < -0.39 is 0 Å². The minimum Gasteiger partial charge on any atom is -1.00 e. The summed E-state index contributed by atoms with van der Waals surface area (Å²) in [6, 6.07) is 0. The van der Waals surface area contributed by atoms with Crippen LogP contribution < -0.4 is 29.6 Å². The van der Waals surface area contributed by atoms with Crippen molar-refractivity contribution in [3.8, 4) is 0 Å². The Morgan fingerprint density at radius 3 is 2.25 bits per heavy atom. The van der Waals surface area contributed by atoms with Gasteiger partial charge in [-0.15, -0.1) is 12.6 Å². The van der Waals surface area contributed by atoms with Gasteiger partial charge >= 0.3 is 29.6 Å². The molecule has 0 fully saturated rings. The number of thiocarbonyl (C=S) groups is 1. The molecule has 0 aromatic heterocycles. The van der Waals surface area contributed by atoms with Gasteiger partial charge in [-0.05, 0) is 6.92 Å². The van der Waals surface area contributed by atoms with Gasteiger partial charge in [-0.1, -0.05) is 12.2 Å². The Bertz CT molecular complexity index is 81.0. The average molecular weight is 159 g/mol.